The van der Waals surface area contributed by atoms with Gasteiger partial charge in [-0.05, 0) is 31.4 Å². The summed E-state index contributed by atoms with van der Waals surface area (Å²) >= 11 is 0. The molecule has 0 bridgehead atoms. The highest BCUT2D eigenvalue weighted by atomic mass is 16.2. The number of hydrogen-bond acceptors (Lipinski definition) is 2. The average Bonchev–Trinajstić information content (AvgIpc) is 2.54. The summed E-state index contributed by atoms with van der Waals surface area (Å²) in [5.41, 5.74) is 0.886. The number of amides is 2. The van der Waals surface area contributed by atoms with Gasteiger partial charge in [0.25, 0.3) is 0 Å². The first-order chi connectivity index (χ1) is 10.6. The maximum Gasteiger partial charge on any atom is 0.226 e. The molecular weight excluding hydrogens is 276 g/mol. The minimum absolute atomic E-state index is 0.0523. The third-order valence-corrected chi connectivity index (χ3v) is 3.64. The van der Waals surface area contributed by atoms with E-state index in [1.165, 1.54) is 0 Å². The molecule has 4 heteroatoms. The zero-order valence-corrected chi connectivity index (χ0v) is 14.0. The van der Waals surface area contributed by atoms with Crippen molar-refractivity contribution in [2.24, 2.45) is 0 Å². The maximum atomic E-state index is 12.1. The predicted molar refractivity (Wildman–Crippen MR) is 90.9 cm³/mol. The molecule has 1 aromatic rings. The summed E-state index contributed by atoms with van der Waals surface area (Å²) in [5.74, 6) is 0.218. The van der Waals surface area contributed by atoms with Crippen molar-refractivity contribution in [3.05, 3.63) is 30.3 Å². The fraction of sp³-hybridized carbons (Fsp3) is 0.556. The van der Waals surface area contributed by atoms with E-state index in [0.717, 1.165) is 31.6 Å². The highest BCUT2D eigenvalue weighted by Crippen LogP contribution is 2.13. The van der Waals surface area contributed by atoms with E-state index in [1.807, 2.05) is 35.2 Å². The van der Waals surface area contributed by atoms with Crippen LogP contribution >= 0.6 is 0 Å². The minimum atomic E-state index is 0.0523. The predicted octanol–water partition coefficient (Wildman–Crippen LogP) is 3.47. The molecule has 1 aromatic carbocycles. The lowest BCUT2D eigenvalue weighted by Gasteiger charge is -2.22. The van der Waals surface area contributed by atoms with Gasteiger partial charge in [0.2, 0.25) is 11.8 Å². The molecule has 0 fully saturated rings. The van der Waals surface area contributed by atoms with Crippen molar-refractivity contribution < 1.29 is 9.59 Å². The molecular formula is C18H28N2O2. The lowest BCUT2D eigenvalue weighted by Crippen LogP contribution is -2.32. The molecule has 0 aliphatic carbocycles. The number of para-hydroxylation sites is 1. The standard InChI is InChI=1S/C18H28N2O2/c1-4-14-20(15-5-2)18(22)13-9-12-17(21)19(3)16-10-7-6-8-11-16/h6-8,10-11H,4-5,9,12-15H2,1-3H3. The first-order valence-corrected chi connectivity index (χ1v) is 8.19. The number of carbonyl (C=O) groups excluding carboxylic acids is 2. The normalized spacial score (nSPS) is 10.3. The summed E-state index contributed by atoms with van der Waals surface area (Å²) in [6.07, 6.45) is 3.42. The van der Waals surface area contributed by atoms with Crippen molar-refractivity contribution >= 4 is 17.5 Å². The molecule has 2 amide bonds. The van der Waals surface area contributed by atoms with E-state index in [-0.39, 0.29) is 11.8 Å². The Hall–Kier alpha value is -1.84. The van der Waals surface area contributed by atoms with Crippen molar-refractivity contribution in [2.75, 3.05) is 25.0 Å². The molecule has 0 heterocycles. The van der Waals surface area contributed by atoms with Crippen LogP contribution in [0.15, 0.2) is 30.3 Å². The molecule has 122 valence electrons. The third kappa shape index (κ3) is 5.88. The largest absolute Gasteiger partial charge is 0.343 e. The van der Waals surface area contributed by atoms with Crippen LogP contribution in [-0.4, -0.2) is 36.9 Å². The topological polar surface area (TPSA) is 40.6 Å². The van der Waals surface area contributed by atoms with E-state index in [1.54, 1.807) is 11.9 Å². The second kappa shape index (κ2) is 9.98. The van der Waals surface area contributed by atoms with Gasteiger partial charge in [-0.15, -0.1) is 0 Å². The van der Waals surface area contributed by atoms with Crippen molar-refractivity contribution in [3.8, 4) is 0 Å². The van der Waals surface area contributed by atoms with Gasteiger partial charge < -0.3 is 9.80 Å². The highest BCUT2D eigenvalue weighted by molar-refractivity contribution is 5.92. The summed E-state index contributed by atoms with van der Waals surface area (Å²) in [5, 5.41) is 0. The number of rotatable bonds is 9. The van der Waals surface area contributed by atoms with Gasteiger partial charge in [0, 0.05) is 38.7 Å². The Bertz CT molecular complexity index is 453. The molecule has 1 rings (SSSR count). The summed E-state index contributed by atoms with van der Waals surface area (Å²) < 4.78 is 0. The van der Waals surface area contributed by atoms with Crippen LogP contribution < -0.4 is 4.90 Å². The van der Waals surface area contributed by atoms with E-state index in [9.17, 15) is 9.59 Å². The Morgan fingerprint density at radius 1 is 0.909 bits per heavy atom. The van der Waals surface area contributed by atoms with Crippen LogP contribution in [0.5, 0.6) is 0 Å². The Kier molecular flexibility index (Phi) is 8.26. The Morgan fingerprint density at radius 2 is 1.45 bits per heavy atom. The molecule has 0 spiro atoms. The van der Waals surface area contributed by atoms with Crippen LogP contribution in [0, 0.1) is 0 Å². The molecule has 0 aliphatic heterocycles. The monoisotopic (exact) mass is 304 g/mol. The summed E-state index contributed by atoms with van der Waals surface area (Å²) in [4.78, 5) is 27.9. The number of anilines is 1. The van der Waals surface area contributed by atoms with Gasteiger partial charge >= 0.3 is 0 Å². The van der Waals surface area contributed by atoms with Crippen LogP contribution in [0.2, 0.25) is 0 Å². The first kappa shape index (κ1) is 18.2. The van der Waals surface area contributed by atoms with Crippen LogP contribution in [0.4, 0.5) is 5.69 Å². The van der Waals surface area contributed by atoms with Gasteiger partial charge in [0.05, 0.1) is 0 Å². The molecule has 0 saturated heterocycles. The van der Waals surface area contributed by atoms with E-state index in [2.05, 4.69) is 13.8 Å². The van der Waals surface area contributed by atoms with Gasteiger partial charge in [-0.1, -0.05) is 32.0 Å². The van der Waals surface area contributed by atoms with Crippen molar-refractivity contribution in [2.45, 2.75) is 46.0 Å². The van der Waals surface area contributed by atoms with Gasteiger partial charge in [-0.3, -0.25) is 9.59 Å². The van der Waals surface area contributed by atoms with Gasteiger partial charge in [0.1, 0.15) is 0 Å². The van der Waals surface area contributed by atoms with Crippen molar-refractivity contribution in [3.63, 3.8) is 0 Å². The van der Waals surface area contributed by atoms with Crippen LogP contribution in [0.1, 0.15) is 46.0 Å². The number of hydrogen-bond donors (Lipinski definition) is 0. The number of benzene rings is 1. The SMILES string of the molecule is CCCN(CCC)C(=O)CCCC(=O)N(C)c1ccccc1. The van der Waals surface area contributed by atoms with Crippen molar-refractivity contribution in [1.82, 2.24) is 4.90 Å². The average molecular weight is 304 g/mol. The molecule has 0 N–H and O–H groups in total. The van der Waals surface area contributed by atoms with Gasteiger partial charge in [0.15, 0.2) is 0 Å². The smallest absolute Gasteiger partial charge is 0.226 e. The van der Waals surface area contributed by atoms with E-state index in [4.69, 9.17) is 0 Å². The van der Waals surface area contributed by atoms with Gasteiger partial charge in [-0.25, -0.2) is 0 Å². The molecule has 0 atom stereocenters. The molecule has 0 aromatic heterocycles. The summed E-state index contributed by atoms with van der Waals surface area (Å²) in [6, 6.07) is 9.57. The summed E-state index contributed by atoms with van der Waals surface area (Å²) in [7, 11) is 1.78. The zero-order chi connectivity index (χ0) is 16.4. The maximum absolute atomic E-state index is 12.1. The quantitative estimate of drug-likeness (QED) is 0.701. The van der Waals surface area contributed by atoms with E-state index in [0.29, 0.717) is 19.3 Å². The van der Waals surface area contributed by atoms with Crippen LogP contribution in [0.3, 0.4) is 0 Å². The summed E-state index contributed by atoms with van der Waals surface area (Å²) in [6.45, 7) is 5.78. The third-order valence-electron chi connectivity index (χ3n) is 3.64. The van der Waals surface area contributed by atoms with Crippen molar-refractivity contribution in [1.29, 1.82) is 0 Å². The van der Waals surface area contributed by atoms with Crippen LogP contribution in [-0.2, 0) is 9.59 Å². The second-order valence-electron chi connectivity index (χ2n) is 5.52. The Morgan fingerprint density at radius 3 is 2.00 bits per heavy atom. The molecule has 0 radical (unpaired) electrons. The zero-order valence-electron chi connectivity index (χ0n) is 14.0. The number of carbonyl (C=O) groups is 2. The molecule has 0 unspecified atom stereocenters. The van der Waals surface area contributed by atoms with E-state index < -0.39 is 0 Å². The second-order valence-corrected chi connectivity index (χ2v) is 5.52. The minimum Gasteiger partial charge on any atom is -0.343 e. The molecule has 22 heavy (non-hydrogen) atoms. The highest BCUT2D eigenvalue weighted by Gasteiger charge is 2.14. The molecule has 4 nitrogen and oxygen atoms in total. The lowest BCUT2D eigenvalue weighted by molar-refractivity contribution is -0.131. The number of nitrogens with zero attached hydrogens (tertiary/aromatic N) is 2. The fourth-order valence-corrected chi connectivity index (χ4v) is 2.41. The van der Waals surface area contributed by atoms with Crippen LogP contribution in [0.25, 0.3) is 0 Å². The first-order valence-electron chi connectivity index (χ1n) is 8.19. The van der Waals surface area contributed by atoms with Gasteiger partial charge in [-0.2, -0.15) is 0 Å². The molecule has 0 saturated carbocycles. The fourth-order valence-electron chi connectivity index (χ4n) is 2.41. The molecule has 0 aliphatic rings. The Labute approximate surface area is 134 Å². The lowest BCUT2D eigenvalue weighted by atomic mass is 10.2. The Balaban J connectivity index is 2.39. The van der Waals surface area contributed by atoms with E-state index >= 15 is 0 Å².